The second-order valence-electron chi connectivity index (χ2n) is 13.3. The summed E-state index contributed by atoms with van der Waals surface area (Å²) in [4.78, 5) is 65.7. The summed E-state index contributed by atoms with van der Waals surface area (Å²) < 4.78 is 0. The number of benzene rings is 4. The minimum atomic E-state index is -1.20. The molecule has 8 N–H and O–H groups in total. The Bertz CT molecular complexity index is 1860. The largest absolute Gasteiger partial charge is 0.508 e. The Balaban J connectivity index is 1.24. The highest BCUT2D eigenvalue weighted by Crippen LogP contribution is 2.20. The van der Waals surface area contributed by atoms with Gasteiger partial charge in [-0.05, 0) is 83.8 Å². The van der Waals surface area contributed by atoms with E-state index in [0.717, 1.165) is 21.9 Å². The van der Waals surface area contributed by atoms with E-state index in [1.54, 1.807) is 24.3 Å². The zero-order chi connectivity index (χ0) is 39.0. The molecule has 0 aliphatic heterocycles. The topological polar surface area (TPSA) is 211 Å². The van der Waals surface area contributed by atoms with Crippen molar-refractivity contribution in [2.75, 3.05) is 20.2 Å². The first-order valence-electron chi connectivity index (χ1n) is 18.0. The van der Waals surface area contributed by atoms with Crippen molar-refractivity contribution in [3.8, 4) is 11.5 Å². The van der Waals surface area contributed by atoms with E-state index in [-0.39, 0.29) is 49.6 Å². The number of hydrogen-bond acceptors (Lipinski definition) is 9. The first-order chi connectivity index (χ1) is 26.0. The van der Waals surface area contributed by atoms with E-state index in [0.29, 0.717) is 31.1 Å². The molecule has 0 spiro atoms. The number of carbonyl (C=O) groups is 5. The molecule has 4 amide bonds. The normalized spacial score (nSPS) is 13.2. The fourth-order valence-corrected chi connectivity index (χ4v) is 6.08. The molecular weight excluding hydrogens is 690 g/mol. The lowest BCUT2D eigenvalue weighted by molar-refractivity contribution is -0.139. The van der Waals surface area contributed by atoms with E-state index in [9.17, 15) is 39.3 Å². The lowest BCUT2D eigenvalue weighted by atomic mass is 9.98. The molecular formula is C41H49N5O8. The summed E-state index contributed by atoms with van der Waals surface area (Å²) in [6.07, 6.45) is 2.66. The number of aliphatic hydroxyl groups excluding tert-OH is 1. The maximum atomic E-state index is 13.6. The van der Waals surface area contributed by atoms with Crippen molar-refractivity contribution in [2.45, 2.75) is 69.1 Å². The summed E-state index contributed by atoms with van der Waals surface area (Å²) in [5.74, 6) is -1.79. The molecule has 4 aromatic rings. The Labute approximate surface area is 314 Å². The van der Waals surface area contributed by atoms with Gasteiger partial charge in [-0.3, -0.25) is 19.2 Å². The van der Waals surface area contributed by atoms with E-state index in [4.69, 9.17) is 5.73 Å². The molecule has 13 nitrogen and oxygen atoms in total. The Morgan fingerprint density at radius 2 is 1.43 bits per heavy atom. The average Bonchev–Trinajstić information content (AvgIpc) is 3.18. The molecule has 0 aliphatic carbocycles. The van der Waals surface area contributed by atoms with Gasteiger partial charge in [-0.1, -0.05) is 66.7 Å². The molecule has 286 valence electrons. The quantitative estimate of drug-likeness (QED) is 0.0523. The molecule has 0 saturated heterocycles. The predicted molar refractivity (Wildman–Crippen MR) is 204 cm³/mol. The molecule has 4 aromatic carbocycles. The lowest BCUT2D eigenvalue weighted by Crippen LogP contribution is -2.53. The number of nitrogens with zero attached hydrogens (tertiary/aromatic N) is 1. The predicted octanol–water partition coefficient (Wildman–Crippen LogP) is 2.27. The number of likely N-dealkylation sites (N-methyl/N-ethyl adjacent to an activating group) is 1. The number of fused-ring (bicyclic) bond motifs is 1. The van der Waals surface area contributed by atoms with Gasteiger partial charge in [0.2, 0.25) is 23.6 Å². The highest BCUT2D eigenvalue weighted by molar-refractivity contribution is 5.91. The molecule has 0 saturated carbocycles. The van der Waals surface area contributed by atoms with Crippen LogP contribution < -0.4 is 21.7 Å². The Morgan fingerprint density at radius 1 is 0.778 bits per heavy atom. The summed E-state index contributed by atoms with van der Waals surface area (Å²) in [6, 6.07) is 22.3. The van der Waals surface area contributed by atoms with Crippen molar-refractivity contribution in [1.29, 1.82) is 0 Å². The van der Waals surface area contributed by atoms with Crippen LogP contribution in [0.25, 0.3) is 10.8 Å². The standard InChI is InChI=1S/C41H49N5O8/c1-46(38(51)21-16-27-12-17-32(49)18-13-27)37(23-28-14-19-33(50)20-15-28)41(54)44-31(25-47)10-4-5-22-43-40(53)36(26-48)45-39(52)35(42)24-30-9-6-8-29-7-2-3-11-34(29)30/h2-3,6-9,11-15,17-20,25,31,35-37,48-50H,4-5,10,16,21-24,26,42H2,1H3,(H,43,53)(H,44,54)(H,45,52)/t31-,35+,36+,37+/m1/s1. The van der Waals surface area contributed by atoms with Gasteiger partial charge >= 0.3 is 0 Å². The van der Waals surface area contributed by atoms with Gasteiger partial charge in [-0.25, -0.2) is 0 Å². The van der Waals surface area contributed by atoms with Crippen LogP contribution in [-0.2, 0) is 43.2 Å². The lowest BCUT2D eigenvalue weighted by Gasteiger charge is -2.29. The molecule has 13 heteroatoms. The highest BCUT2D eigenvalue weighted by Gasteiger charge is 2.29. The summed E-state index contributed by atoms with van der Waals surface area (Å²) >= 11 is 0. The number of carbonyl (C=O) groups excluding carboxylic acids is 5. The third kappa shape index (κ3) is 12.1. The third-order valence-electron chi connectivity index (χ3n) is 9.30. The van der Waals surface area contributed by atoms with Gasteiger partial charge in [0, 0.05) is 26.4 Å². The van der Waals surface area contributed by atoms with Crippen molar-refractivity contribution >= 4 is 40.7 Å². The van der Waals surface area contributed by atoms with Gasteiger partial charge in [-0.15, -0.1) is 0 Å². The van der Waals surface area contributed by atoms with Crippen molar-refractivity contribution in [3.63, 3.8) is 0 Å². The van der Waals surface area contributed by atoms with Crippen LogP contribution >= 0.6 is 0 Å². The number of amides is 4. The van der Waals surface area contributed by atoms with Crippen LogP contribution in [0.15, 0.2) is 91.0 Å². The Kier molecular flexibility index (Phi) is 15.5. The van der Waals surface area contributed by atoms with Crippen LogP contribution in [-0.4, -0.2) is 94.5 Å². The molecule has 4 atom stereocenters. The number of phenols is 2. The van der Waals surface area contributed by atoms with E-state index < -0.39 is 48.5 Å². The van der Waals surface area contributed by atoms with Gasteiger partial charge in [0.05, 0.1) is 18.7 Å². The average molecular weight is 740 g/mol. The summed E-state index contributed by atoms with van der Waals surface area (Å²) in [7, 11) is 1.53. The van der Waals surface area contributed by atoms with Crippen LogP contribution in [0.2, 0.25) is 0 Å². The van der Waals surface area contributed by atoms with Gasteiger partial charge in [0.25, 0.3) is 0 Å². The molecule has 0 heterocycles. The molecule has 0 aromatic heterocycles. The first kappa shape index (κ1) is 41.0. The van der Waals surface area contributed by atoms with E-state index >= 15 is 0 Å². The Hall–Kier alpha value is -5.79. The van der Waals surface area contributed by atoms with Crippen LogP contribution in [0.4, 0.5) is 0 Å². The number of aldehydes is 1. The van der Waals surface area contributed by atoms with Crippen LogP contribution in [0.5, 0.6) is 11.5 Å². The molecule has 4 rings (SSSR count). The van der Waals surface area contributed by atoms with Gasteiger partial charge in [-0.2, -0.15) is 0 Å². The van der Waals surface area contributed by atoms with Crippen LogP contribution in [0.3, 0.4) is 0 Å². The Morgan fingerprint density at radius 3 is 2.09 bits per heavy atom. The number of rotatable bonds is 20. The molecule has 0 aliphatic rings. The molecule has 0 fully saturated rings. The first-order valence-corrected chi connectivity index (χ1v) is 18.0. The molecule has 0 bridgehead atoms. The van der Waals surface area contributed by atoms with Gasteiger partial charge in [0.1, 0.15) is 29.9 Å². The number of aromatic hydroxyl groups is 2. The molecule has 54 heavy (non-hydrogen) atoms. The van der Waals surface area contributed by atoms with Crippen molar-refractivity contribution in [1.82, 2.24) is 20.9 Å². The number of hydrogen-bond donors (Lipinski definition) is 7. The van der Waals surface area contributed by atoms with Gasteiger partial charge in [0.15, 0.2) is 0 Å². The number of nitrogens with one attached hydrogen (secondary N) is 3. The maximum absolute atomic E-state index is 13.6. The summed E-state index contributed by atoms with van der Waals surface area (Å²) in [5.41, 5.74) is 8.61. The minimum Gasteiger partial charge on any atom is -0.508 e. The molecule has 0 radical (unpaired) electrons. The fourth-order valence-electron chi connectivity index (χ4n) is 6.08. The zero-order valence-electron chi connectivity index (χ0n) is 30.3. The van der Waals surface area contributed by atoms with Gasteiger partial charge < -0.3 is 46.7 Å². The van der Waals surface area contributed by atoms with Crippen LogP contribution in [0, 0.1) is 0 Å². The number of aliphatic hydroxyl groups is 1. The number of phenolic OH excluding ortho intramolecular Hbond substituents is 2. The molecule has 0 unspecified atom stereocenters. The fraction of sp³-hybridized carbons (Fsp3) is 0.341. The second-order valence-corrected chi connectivity index (χ2v) is 13.3. The smallest absolute Gasteiger partial charge is 0.244 e. The van der Waals surface area contributed by atoms with E-state index in [1.807, 2.05) is 42.5 Å². The summed E-state index contributed by atoms with van der Waals surface area (Å²) in [6.45, 7) is -0.439. The SMILES string of the molecule is CN(C(=O)CCc1ccc(O)cc1)[C@@H](Cc1ccc(O)cc1)C(=O)N[C@@H](C=O)CCCCNC(=O)[C@H](CO)NC(=O)[C@@H](N)Cc1cccc2ccccc12. The van der Waals surface area contributed by atoms with Crippen LogP contribution in [0.1, 0.15) is 42.4 Å². The minimum absolute atomic E-state index is 0.0591. The van der Waals surface area contributed by atoms with E-state index in [2.05, 4.69) is 16.0 Å². The monoisotopic (exact) mass is 739 g/mol. The zero-order valence-corrected chi connectivity index (χ0v) is 30.3. The summed E-state index contributed by atoms with van der Waals surface area (Å²) in [5, 5.41) is 39.0. The third-order valence-corrected chi connectivity index (χ3v) is 9.30. The van der Waals surface area contributed by atoms with Crippen molar-refractivity contribution < 1.29 is 39.3 Å². The van der Waals surface area contributed by atoms with E-state index in [1.165, 1.54) is 36.2 Å². The number of unbranched alkanes of at least 4 members (excludes halogenated alkanes) is 1. The van der Waals surface area contributed by atoms with Crippen molar-refractivity contribution in [2.24, 2.45) is 5.73 Å². The maximum Gasteiger partial charge on any atom is 0.244 e. The van der Waals surface area contributed by atoms with Crippen molar-refractivity contribution in [3.05, 3.63) is 108 Å². The second kappa shape index (κ2) is 20.5. The highest BCUT2D eigenvalue weighted by atomic mass is 16.3. The number of nitrogens with two attached hydrogens (primary N) is 1. The number of aryl methyl sites for hydroxylation is 1.